The fourth-order valence-electron chi connectivity index (χ4n) is 1.48. The van der Waals surface area contributed by atoms with E-state index in [2.05, 4.69) is 6.92 Å². The molecule has 1 heterocycles. The van der Waals surface area contributed by atoms with Crippen molar-refractivity contribution in [2.24, 2.45) is 0 Å². The van der Waals surface area contributed by atoms with Gasteiger partial charge >= 0.3 is 7.60 Å². The van der Waals surface area contributed by atoms with Gasteiger partial charge in [0.15, 0.2) is 5.79 Å². The average molecular weight is 266 g/mol. The van der Waals surface area contributed by atoms with Gasteiger partial charge < -0.3 is 18.5 Å². The number of unbranched alkanes of at least 4 members (excludes halogenated alkanes) is 1. The van der Waals surface area contributed by atoms with Gasteiger partial charge in [0.25, 0.3) is 0 Å². The zero-order valence-electron chi connectivity index (χ0n) is 11.1. The highest BCUT2D eigenvalue weighted by Crippen LogP contribution is 2.44. The molecular weight excluding hydrogens is 243 g/mol. The van der Waals surface area contributed by atoms with Gasteiger partial charge in [-0.25, -0.2) is 0 Å². The summed E-state index contributed by atoms with van der Waals surface area (Å²) >= 11 is 0. The van der Waals surface area contributed by atoms with Crippen LogP contribution >= 0.6 is 7.60 Å². The van der Waals surface area contributed by atoms with Crippen LogP contribution in [0.5, 0.6) is 0 Å². The molecule has 0 aliphatic carbocycles. The SMILES string of the molecule is CCCCOP(C)(=O)OCC1COC(C)(C)O1. The van der Waals surface area contributed by atoms with Crippen LogP contribution in [0.1, 0.15) is 33.6 Å². The molecule has 0 aromatic heterocycles. The maximum atomic E-state index is 11.9. The minimum atomic E-state index is -2.95. The molecule has 0 bridgehead atoms. The molecule has 0 aromatic carbocycles. The quantitative estimate of drug-likeness (QED) is 0.524. The van der Waals surface area contributed by atoms with Crippen molar-refractivity contribution >= 4 is 7.60 Å². The second kappa shape index (κ2) is 6.30. The topological polar surface area (TPSA) is 54.0 Å². The van der Waals surface area contributed by atoms with E-state index in [1.165, 1.54) is 6.66 Å². The molecule has 2 unspecified atom stereocenters. The van der Waals surface area contributed by atoms with Crippen LogP contribution < -0.4 is 0 Å². The molecule has 2 atom stereocenters. The van der Waals surface area contributed by atoms with Crippen molar-refractivity contribution in [3.8, 4) is 0 Å². The fourth-order valence-corrected chi connectivity index (χ4v) is 2.45. The third-order valence-corrected chi connectivity index (χ3v) is 3.66. The first-order chi connectivity index (χ1) is 7.85. The molecule has 6 heteroatoms. The summed E-state index contributed by atoms with van der Waals surface area (Å²) in [6.07, 6.45) is 1.72. The number of hydrogen-bond acceptors (Lipinski definition) is 5. The van der Waals surface area contributed by atoms with Crippen LogP contribution in [0, 0.1) is 0 Å². The molecule has 17 heavy (non-hydrogen) atoms. The predicted octanol–water partition coefficient (Wildman–Crippen LogP) is 2.79. The molecule has 0 saturated carbocycles. The van der Waals surface area contributed by atoms with Crippen LogP contribution in [0.4, 0.5) is 0 Å². The highest BCUT2D eigenvalue weighted by molar-refractivity contribution is 7.52. The Hall–Kier alpha value is 0.0700. The lowest BCUT2D eigenvalue weighted by Gasteiger charge is -2.19. The Kier molecular flexibility index (Phi) is 5.61. The molecule has 0 spiro atoms. The van der Waals surface area contributed by atoms with Crippen molar-refractivity contribution in [1.29, 1.82) is 0 Å². The van der Waals surface area contributed by atoms with Crippen LogP contribution in [0.2, 0.25) is 0 Å². The Morgan fingerprint density at radius 2 is 2.12 bits per heavy atom. The standard InChI is InChI=1S/C11H23O5P/c1-5-6-7-14-17(4,12)15-9-10-8-13-11(2,3)16-10/h10H,5-9H2,1-4H3. The lowest BCUT2D eigenvalue weighted by molar-refractivity contribution is -0.141. The molecule has 1 aliphatic rings. The van der Waals surface area contributed by atoms with Crippen molar-refractivity contribution in [1.82, 2.24) is 0 Å². The van der Waals surface area contributed by atoms with Crippen LogP contribution in [0.3, 0.4) is 0 Å². The first-order valence-electron chi connectivity index (χ1n) is 6.03. The van der Waals surface area contributed by atoms with Crippen molar-refractivity contribution in [2.75, 3.05) is 26.5 Å². The monoisotopic (exact) mass is 266 g/mol. The van der Waals surface area contributed by atoms with Crippen molar-refractivity contribution in [3.05, 3.63) is 0 Å². The van der Waals surface area contributed by atoms with Gasteiger partial charge in [0, 0.05) is 6.66 Å². The van der Waals surface area contributed by atoms with Gasteiger partial charge in [0.1, 0.15) is 6.10 Å². The summed E-state index contributed by atoms with van der Waals surface area (Å²) in [6, 6.07) is 0. The Labute approximate surface area is 103 Å². The minimum Gasteiger partial charge on any atom is -0.348 e. The second-order valence-electron chi connectivity index (χ2n) is 4.70. The zero-order chi connectivity index (χ0) is 12.9. The minimum absolute atomic E-state index is 0.173. The molecule has 0 aromatic rings. The van der Waals surface area contributed by atoms with E-state index in [0.29, 0.717) is 13.2 Å². The van der Waals surface area contributed by atoms with Crippen LogP contribution in [0.25, 0.3) is 0 Å². The highest BCUT2D eigenvalue weighted by atomic mass is 31.2. The highest BCUT2D eigenvalue weighted by Gasteiger charge is 2.34. The lowest BCUT2D eigenvalue weighted by atomic mass is 10.4. The first kappa shape index (κ1) is 15.1. The fraction of sp³-hybridized carbons (Fsp3) is 1.00. The van der Waals surface area contributed by atoms with E-state index in [1.807, 2.05) is 13.8 Å². The Morgan fingerprint density at radius 3 is 2.65 bits per heavy atom. The summed E-state index contributed by atoms with van der Waals surface area (Å²) in [5.74, 6) is -0.575. The number of hydrogen-bond donors (Lipinski definition) is 0. The third-order valence-electron chi connectivity index (χ3n) is 2.39. The Balaban J connectivity index is 2.23. The number of ether oxygens (including phenoxy) is 2. The van der Waals surface area contributed by atoms with Crippen LogP contribution in [-0.2, 0) is 23.1 Å². The normalized spacial score (nSPS) is 26.9. The van der Waals surface area contributed by atoms with E-state index in [0.717, 1.165) is 12.8 Å². The zero-order valence-corrected chi connectivity index (χ0v) is 12.0. The van der Waals surface area contributed by atoms with E-state index in [9.17, 15) is 4.57 Å². The molecule has 1 fully saturated rings. The molecule has 102 valence electrons. The van der Waals surface area contributed by atoms with Crippen LogP contribution in [-0.4, -0.2) is 38.4 Å². The van der Waals surface area contributed by atoms with Crippen molar-refractivity contribution in [2.45, 2.75) is 45.5 Å². The van der Waals surface area contributed by atoms with Crippen molar-refractivity contribution in [3.63, 3.8) is 0 Å². The van der Waals surface area contributed by atoms with Gasteiger partial charge in [-0.3, -0.25) is 4.57 Å². The number of rotatable bonds is 7. The lowest BCUT2D eigenvalue weighted by Crippen LogP contribution is -2.23. The van der Waals surface area contributed by atoms with Crippen LogP contribution in [0.15, 0.2) is 0 Å². The summed E-state index contributed by atoms with van der Waals surface area (Å²) in [4.78, 5) is 0. The van der Waals surface area contributed by atoms with E-state index in [4.69, 9.17) is 18.5 Å². The molecule has 0 radical (unpaired) electrons. The summed E-state index contributed by atoms with van der Waals surface area (Å²) < 4.78 is 33.3. The molecule has 0 amide bonds. The maximum Gasteiger partial charge on any atom is 0.327 e. The molecular formula is C11H23O5P. The summed E-state index contributed by atoms with van der Waals surface area (Å²) in [5.41, 5.74) is 0. The van der Waals surface area contributed by atoms with E-state index < -0.39 is 13.4 Å². The molecule has 0 N–H and O–H groups in total. The first-order valence-corrected chi connectivity index (χ1v) is 8.02. The summed E-state index contributed by atoms with van der Waals surface area (Å²) in [5, 5.41) is 0. The largest absolute Gasteiger partial charge is 0.348 e. The van der Waals surface area contributed by atoms with Gasteiger partial charge in [0.2, 0.25) is 0 Å². The molecule has 1 aliphatic heterocycles. The predicted molar refractivity (Wildman–Crippen MR) is 65.2 cm³/mol. The smallest absolute Gasteiger partial charge is 0.327 e. The van der Waals surface area contributed by atoms with Gasteiger partial charge in [0.05, 0.1) is 19.8 Å². The van der Waals surface area contributed by atoms with Gasteiger partial charge in [-0.1, -0.05) is 13.3 Å². The average Bonchev–Trinajstić information content (AvgIpc) is 2.56. The summed E-state index contributed by atoms with van der Waals surface area (Å²) in [7, 11) is -2.95. The third kappa shape index (κ3) is 5.98. The van der Waals surface area contributed by atoms with E-state index >= 15 is 0 Å². The van der Waals surface area contributed by atoms with Gasteiger partial charge in [-0.15, -0.1) is 0 Å². The molecule has 1 saturated heterocycles. The van der Waals surface area contributed by atoms with Crippen molar-refractivity contribution < 1.29 is 23.1 Å². The maximum absolute atomic E-state index is 11.9. The van der Waals surface area contributed by atoms with Gasteiger partial charge in [-0.05, 0) is 20.3 Å². The Bertz CT molecular complexity index is 279. The second-order valence-corrected chi connectivity index (χ2v) is 6.76. The molecule has 1 rings (SSSR count). The molecule has 5 nitrogen and oxygen atoms in total. The summed E-state index contributed by atoms with van der Waals surface area (Å²) in [6.45, 7) is 8.40. The van der Waals surface area contributed by atoms with E-state index in [1.54, 1.807) is 0 Å². The van der Waals surface area contributed by atoms with Gasteiger partial charge in [-0.2, -0.15) is 0 Å². The van der Waals surface area contributed by atoms with E-state index in [-0.39, 0.29) is 12.7 Å². The Morgan fingerprint density at radius 1 is 1.41 bits per heavy atom.